The summed E-state index contributed by atoms with van der Waals surface area (Å²) >= 11 is 0. The highest BCUT2D eigenvalue weighted by Gasteiger charge is 2.36. The van der Waals surface area contributed by atoms with Crippen LogP contribution in [0, 0.1) is 5.41 Å². The minimum absolute atomic E-state index is 0.241. The first kappa shape index (κ1) is 18.0. The van der Waals surface area contributed by atoms with Gasteiger partial charge in [0.25, 0.3) is 0 Å². The maximum atomic E-state index is 11.8. The maximum Gasteiger partial charge on any atom is 0.222 e. The van der Waals surface area contributed by atoms with Gasteiger partial charge >= 0.3 is 0 Å². The van der Waals surface area contributed by atoms with Gasteiger partial charge in [0.2, 0.25) is 5.91 Å². The first-order valence-electron chi connectivity index (χ1n) is 8.86. The minimum Gasteiger partial charge on any atom is -0.385 e. The number of hydrogen-bond acceptors (Lipinski definition) is 3. The van der Waals surface area contributed by atoms with Crippen molar-refractivity contribution in [2.45, 2.75) is 51.5 Å². The lowest BCUT2D eigenvalue weighted by Gasteiger charge is -2.42. The Kier molecular flexibility index (Phi) is 6.69. The number of guanidine groups is 1. The number of carbonyl (C=O) groups excluding carboxylic acids is 1. The van der Waals surface area contributed by atoms with Crippen molar-refractivity contribution in [3.8, 4) is 0 Å². The molecule has 6 heteroatoms. The highest BCUT2D eigenvalue weighted by molar-refractivity contribution is 5.80. The average molecular weight is 324 g/mol. The van der Waals surface area contributed by atoms with Gasteiger partial charge in [0.15, 0.2) is 5.96 Å². The van der Waals surface area contributed by atoms with Crippen LogP contribution in [0.3, 0.4) is 0 Å². The smallest absolute Gasteiger partial charge is 0.222 e. The van der Waals surface area contributed by atoms with Gasteiger partial charge in [-0.05, 0) is 31.1 Å². The summed E-state index contributed by atoms with van der Waals surface area (Å²) in [4.78, 5) is 18.0. The number of methoxy groups -OCH3 is 1. The SMILES string of the molecule is CCC(=O)N1CCC(NC(=NC)NCC2(CCOC)CCC2)C1. The number of ether oxygens (including phenoxy) is 1. The van der Waals surface area contributed by atoms with Crippen LogP contribution in [0.4, 0.5) is 0 Å². The zero-order valence-electron chi connectivity index (χ0n) is 14.9. The highest BCUT2D eigenvalue weighted by atomic mass is 16.5. The van der Waals surface area contributed by atoms with Crippen LogP contribution in [-0.2, 0) is 9.53 Å². The Labute approximate surface area is 140 Å². The van der Waals surface area contributed by atoms with Crippen molar-refractivity contribution in [2.75, 3.05) is 40.4 Å². The molecule has 23 heavy (non-hydrogen) atoms. The van der Waals surface area contributed by atoms with Crippen LogP contribution in [0.2, 0.25) is 0 Å². The van der Waals surface area contributed by atoms with Gasteiger partial charge in [-0.3, -0.25) is 9.79 Å². The van der Waals surface area contributed by atoms with E-state index >= 15 is 0 Å². The summed E-state index contributed by atoms with van der Waals surface area (Å²) < 4.78 is 5.25. The van der Waals surface area contributed by atoms with E-state index in [-0.39, 0.29) is 5.91 Å². The second kappa shape index (κ2) is 8.52. The van der Waals surface area contributed by atoms with E-state index in [4.69, 9.17) is 4.74 Å². The molecule has 0 aromatic carbocycles. The summed E-state index contributed by atoms with van der Waals surface area (Å²) in [6.07, 6.45) is 6.53. The van der Waals surface area contributed by atoms with E-state index in [0.29, 0.717) is 17.9 Å². The van der Waals surface area contributed by atoms with E-state index in [0.717, 1.165) is 45.0 Å². The lowest BCUT2D eigenvalue weighted by Crippen LogP contribution is -2.50. The predicted octanol–water partition coefficient (Wildman–Crippen LogP) is 1.37. The van der Waals surface area contributed by atoms with Gasteiger partial charge in [0.1, 0.15) is 0 Å². The second-order valence-corrected chi connectivity index (χ2v) is 6.85. The number of hydrogen-bond donors (Lipinski definition) is 2. The molecule has 1 atom stereocenters. The molecule has 2 rings (SSSR count). The van der Waals surface area contributed by atoms with Crippen LogP contribution >= 0.6 is 0 Å². The molecule has 1 unspecified atom stereocenters. The first-order chi connectivity index (χ1) is 11.1. The Hall–Kier alpha value is -1.30. The fourth-order valence-corrected chi connectivity index (χ4v) is 3.50. The quantitative estimate of drug-likeness (QED) is 0.548. The molecule has 0 aromatic rings. The Balaban J connectivity index is 1.77. The summed E-state index contributed by atoms with van der Waals surface area (Å²) in [5, 5.41) is 6.95. The normalized spacial score (nSPS) is 23.5. The largest absolute Gasteiger partial charge is 0.385 e. The molecule has 6 nitrogen and oxygen atoms in total. The van der Waals surface area contributed by atoms with Crippen molar-refractivity contribution in [2.24, 2.45) is 10.4 Å². The van der Waals surface area contributed by atoms with E-state index < -0.39 is 0 Å². The van der Waals surface area contributed by atoms with E-state index in [9.17, 15) is 4.79 Å². The monoisotopic (exact) mass is 324 g/mol. The van der Waals surface area contributed by atoms with Gasteiger partial charge in [0, 0.05) is 52.9 Å². The number of likely N-dealkylation sites (tertiary alicyclic amines) is 1. The summed E-state index contributed by atoms with van der Waals surface area (Å²) in [6.45, 7) is 5.31. The Bertz CT molecular complexity index is 421. The van der Waals surface area contributed by atoms with E-state index in [1.807, 2.05) is 18.9 Å². The molecule has 1 saturated heterocycles. The molecule has 1 amide bonds. The number of carbonyl (C=O) groups is 1. The molecule has 2 fully saturated rings. The van der Waals surface area contributed by atoms with Gasteiger partial charge in [-0.25, -0.2) is 0 Å². The Morgan fingerprint density at radius 2 is 2.22 bits per heavy atom. The molecule has 1 aliphatic carbocycles. The third-order valence-corrected chi connectivity index (χ3v) is 5.29. The lowest BCUT2D eigenvalue weighted by atomic mass is 9.67. The highest BCUT2D eigenvalue weighted by Crippen LogP contribution is 2.43. The molecule has 0 radical (unpaired) electrons. The van der Waals surface area contributed by atoms with Gasteiger partial charge in [-0.15, -0.1) is 0 Å². The van der Waals surface area contributed by atoms with Crippen molar-refractivity contribution in [3.63, 3.8) is 0 Å². The molecule has 132 valence electrons. The van der Waals surface area contributed by atoms with Crippen molar-refractivity contribution in [3.05, 3.63) is 0 Å². The second-order valence-electron chi connectivity index (χ2n) is 6.85. The predicted molar refractivity (Wildman–Crippen MR) is 92.6 cm³/mol. The number of amides is 1. The molecule has 1 aliphatic heterocycles. The third kappa shape index (κ3) is 4.83. The number of nitrogens with zero attached hydrogens (tertiary/aromatic N) is 2. The summed E-state index contributed by atoms with van der Waals surface area (Å²) in [6, 6.07) is 0.299. The molecular formula is C17H32N4O2. The molecule has 1 heterocycles. The van der Waals surface area contributed by atoms with Gasteiger partial charge in [-0.1, -0.05) is 13.3 Å². The van der Waals surface area contributed by atoms with Crippen LogP contribution in [-0.4, -0.2) is 63.2 Å². The maximum absolute atomic E-state index is 11.8. The van der Waals surface area contributed by atoms with E-state index in [2.05, 4.69) is 15.6 Å². The van der Waals surface area contributed by atoms with Crippen molar-refractivity contribution >= 4 is 11.9 Å². The van der Waals surface area contributed by atoms with Crippen molar-refractivity contribution in [1.29, 1.82) is 0 Å². The number of aliphatic imine (C=N–C) groups is 1. The molecule has 0 spiro atoms. The summed E-state index contributed by atoms with van der Waals surface area (Å²) in [7, 11) is 3.57. The Morgan fingerprint density at radius 1 is 1.43 bits per heavy atom. The zero-order valence-corrected chi connectivity index (χ0v) is 14.9. The van der Waals surface area contributed by atoms with Crippen LogP contribution in [0.15, 0.2) is 4.99 Å². The van der Waals surface area contributed by atoms with E-state index in [1.165, 1.54) is 19.3 Å². The van der Waals surface area contributed by atoms with Crippen molar-refractivity contribution < 1.29 is 9.53 Å². The first-order valence-corrected chi connectivity index (χ1v) is 8.86. The zero-order chi connectivity index (χ0) is 16.7. The van der Waals surface area contributed by atoms with Gasteiger partial charge in [-0.2, -0.15) is 0 Å². The van der Waals surface area contributed by atoms with Gasteiger partial charge < -0.3 is 20.3 Å². The molecule has 2 aliphatic rings. The van der Waals surface area contributed by atoms with E-state index in [1.54, 1.807) is 7.11 Å². The molecule has 2 N–H and O–H groups in total. The molecular weight excluding hydrogens is 292 g/mol. The van der Waals surface area contributed by atoms with Crippen molar-refractivity contribution in [1.82, 2.24) is 15.5 Å². The molecule has 0 aromatic heterocycles. The van der Waals surface area contributed by atoms with Crippen LogP contribution in [0.25, 0.3) is 0 Å². The third-order valence-electron chi connectivity index (χ3n) is 5.29. The fourth-order valence-electron chi connectivity index (χ4n) is 3.50. The average Bonchev–Trinajstić information content (AvgIpc) is 3.00. The fraction of sp³-hybridized carbons (Fsp3) is 0.882. The standard InChI is InChI=1S/C17H32N4O2/c1-4-15(22)21-10-6-14(12-21)20-16(18-2)19-13-17(7-5-8-17)9-11-23-3/h14H,4-13H2,1-3H3,(H2,18,19,20). The number of rotatable bonds is 7. The van der Waals surface area contributed by atoms with Crippen LogP contribution in [0.5, 0.6) is 0 Å². The summed E-state index contributed by atoms with van der Waals surface area (Å²) in [5.41, 5.74) is 0.369. The minimum atomic E-state index is 0.241. The summed E-state index contributed by atoms with van der Waals surface area (Å²) in [5.74, 6) is 1.09. The topological polar surface area (TPSA) is 66.0 Å². The Morgan fingerprint density at radius 3 is 2.78 bits per heavy atom. The molecule has 1 saturated carbocycles. The van der Waals surface area contributed by atoms with Crippen LogP contribution in [0.1, 0.15) is 45.4 Å². The van der Waals surface area contributed by atoms with Gasteiger partial charge in [0.05, 0.1) is 0 Å². The molecule has 0 bridgehead atoms. The van der Waals surface area contributed by atoms with Crippen LogP contribution < -0.4 is 10.6 Å². The number of nitrogens with one attached hydrogen (secondary N) is 2. The lowest BCUT2D eigenvalue weighted by molar-refractivity contribution is -0.129.